The van der Waals surface area contributed by atoms with Crippen LogP contribution in [0.15, 0.2) is 0 Å². The minimum Gasteiger partial charge on any atom is -0.309 e. The molecule has 0 radical (unpaired) electrons. The normalized spacial score (nSPS) is 20.2. The van der Waals surface area contributed by atoms with Gasteiger partial charge >= 0.3 is 0 Å². The summed E-state index contributed by atoms with van der Waals surface area (Å²) in [5, 5.41) is 5.04. The standard InChI is InChI=1S/C14H22N2S/c1-9(2)7-12-13(8-15-11-5-6-11)17-14(16-12)10-3-4-10/h9-11,15H,3-8H2,1-2H3. The molecule has 2 nitrogen and oxygen atoms in total. The van der Waals surface area contributed by atoms with Crippen molar-refractivity contribution in [2.45, 2.75) is 64.5 Å². The largest absolute Gasteiger partial charge is 0.309 e. The predicted octanol–water partition coefficient (Wildman–Crippen LogP) is 3.47. The van der Waals surface area contributed by atoms with E-state index in [2.05, 4.69) is 19.2 Å². The second-order valence-electron chi connectivity index (χ2n) is 5.95. The summed E-state index contributed by atoms with van der Waals surface area (Å²) >= 11 is 1.97. The molecule has 0 aliphatic heterocycles. The quantitative estimate of drug-likeness (QED) is 0.836. The van der Waals surface area contributed by atoms with E-state index in [1.54, 1.807) is 0 Å². The van der Waals surface area contributed by atoms with Crippen molar-refractivity contribution in [3.8, 4) is 0 Å². The van der Waals surface area contributed by atoms with Crippen LogP contribution < -0.4 is 5.32 Å². The summed E-state index contributed by atoms with van der Waals surface area (Å²) in [7, 11) is 0. The van der Waals surface area contributed by atoms with Gasteiger partial charge in [-0.05, 0) is 38.0 Å². The van der Waals surface area contributed by atoms with Crippen LogP contribution in [0.5, 0.6) is 0 Å². The van der Waals surface area contributed by atoms with Gasteiger partial charge in [0.1, 0.15) is 0 Å². The molecule has 0 spiro atoms. The van der Waals surface area contributed by atoms with Crippen molar-refractivity contribution in [3.63, 3.8) is 0 Å². The Morgan fingerprint density at radius 3 is 2.65 bits per heavy atom. The number of nitrogens with zero attached hydrogens (tertiary/aromatic N) is 1. The molecule has 3 rings (SSSR count). The van der Waals surface area contributed by atoms with Crippen LogP contribution in [0.3, 0.4) is 0 Å². The van der Waals surface area contributed by atoms with Gasteiger partial charge in [0, 0.05) is 23.4 Å². The molecule has 1 heterocycles. The number of nitrogens with one attached hydrogen (secondary N) is 1. The minimum absolute atomic E-state index is 0.712. The first-order chi connectivity index (χ1) is 8.22. The lowest BCUT2D eigenvalue weighted by Crippen LogP contribution is -2.15. The first-order valence-corrected chi connectivity index (χ1v) is 7.76. The van der Waals surface area contributed by atoms with Crippen LogP contribution in [0.2, 0.25) is 0 Å². The van der Waals surface area contributed by atoms with E-state index in [0.29, 0.717) is 5.92 Å². The summed E-state index contributed by atoms with van der Waals surface area (Å²) in [5.41, 5.74) is 1.38. The maximum atomic E-state index is 4.89. The topological polar surface area (TPSA) is 24.9 Å². The lowest BCUT2D eigenvalue weighted by Gasteiger charge is -2.05. The predicted molar refractivity (Wildman–Crippen MR) is 72.5 cm³/mol. The molecular weight excluding hydrogens is 228 g/mol. The summed E-state index contributed by atoms with van der Waals surface area (Å²) in [6.45, 7) is 5.62. The molecule has 17 heavy (non-hydrogen) atoms. The second kappa shape index (κ2) is 4.69. The SMILES string of the molecule is CC(C)Cc1nc(C2CC2)sc1CNC1CC1. The van der Waals surface area contributed by atoms with E-state index < -0.39 is 0 Å². The molecular formula is C14H22N2S. The Kier molecular flexibility index (Phi) is 3.22. The van der Waals surface area contributed by atoms with Gasteiger partial charge in [0.2, 0.25) is 0 Å². The molecule has 0 atom stereocenters. The number of thiazole rings is 1. The van der Waals surface area contributed by atoms with Gasteiger partial charge < -0.3 is 5.32 Å². The fraction of sp³-hybridized carbons (Fsp3) is 0.786. The van der Waals surface area contributed by atoms with Crippen molar-refractivity contribution in [3.05, 3.63) is 15.6 Å². The van der Waals surface area contributed by atoms with Gasteiger partial charge in [-0.25, -0.2) is 4.98 Å². The highest BCUT2D eigenvalue weighted by Crippen LogP contribution is 2.43. The van der Waals surface area contributed by atoms with Crippen LogP contribution in [-0.2, 0) is 13.0 Å². The van der Waals surface area contributed by atoms with Crippen LogP contribution in [-0.4, -0.2) is 11.0 Å². The summed E-state index contributed by atoms with van der Waals surface area (Å²) < 4.78 is 0. The monoisotopic (exact) mass is 250 g/mol. The van der Waals surface area contributed by atoms with Crippen molar-refractivity contribution in [1.82, 2.24) is 10.3 Å². The molecule has 0 bridgehead atoms. The summed E-state index contributed by atoms with van der Waals surface area (Å²) in [5.74, 6) is 1.52. The van der Waals surface area contributed by atoms with E-state index >= 15 is 0 Å². The van der Waals surface area contributed by atoms with Crippen molar-refractivity contribution in [2.24, 2.45) is 5.92 Å². The number of hydrogen-bond acceptors (Lipinski definition) is 3. The zero-order chi connectivity index (χ0) is 11.8. The third-order valence-corrected chi connectivity index (χ3v) is 4.71. The van der Waals surface area contributed by atoms with E-state index in [0.717, 1.165) is 24.9 Å². The van der Waals surface area contributed by atoms with E-state index in [4.69, 9.17) is 4.98 Å². The van der Waals surface area contributed by atoms with Crippen LogP contribution in [0.25, 0.3) is 0 Å². The summed E-state index contributed by atoms with van der Waals surface area (Å²) in [6, 6.07) is 0.799. The smallest absolute Gasteiger partial charge is 0.0962 e. The number of hydrogen-bond donors (Lipinski definition) is 1. The molecule has 2 aliphatic rings. The molecule has 0 saturated heterocycles. The molecule has 1 N–H and O–H groups in total. The molecule has 0 aromatic carbocycles. The number of aromatic nitrogens is 1. The van der Waals surface area contributed by atoms with E-state index in [-0.39, 0.29) is 0 Å². The molecule has 1 aromatic rings. The average Bonchev–Trinajstić information content (AvgIpc) is 3.15. The van der Waals surface area contributed by atoms with Crippen LogP contribution in [0.4, 0.5) is 0 Å². The van der Waals surface area contributed by atoms with Gasteiger partial charge in [0.25, 0.3) is 0 Å². The molecule has 0 amide bonds. The van der Waals surface area contributed by atoms with Gasteiger partial charge in [-0.2, -0.15) is 0 Å². The van der Waals surface area contributed by atoms with Crippen molar-refractivity contribution in [2.75, 3.05) is 0 Å². The Morgan fingerprint density at radius 1 is 1.29 bits per heavy atom. The van der Waals surface area contributed by atoms with Crippen molar-refractivity contribution in [1.29, 1.82) is 0 Å². The third kappa shape index (κ3) is 3.08. The lowest BCUT2D eigenvalue weighted by molar-refractivity contribution is 0.622. The van der Waals surface area contributed by atoms with Crippen molar-refractivity contribution >= 4 is 11.3 Å². The van der Waals surface area contributed by atoms with Crippen LogP contribution >= 0.6 is 11.3 Å². The maximum absolute atomic E-state index is 4.89. The molecule has 2 fully saturated rings. The van der Waals surface area contributed by atoms with Crippen LogP contribution in [0, 0.1) is 5.92 Å². The number of rotatable bonds is 6. The maximum Gasteiger partial charge on any atom is 0.0962 e. The Morgan fingerprint density at radius 2 is 2.06 bits per heavy atom. The molecule has 1 aromatic heterocycles. The van der Waals surface area contributed by atoms with Gasteiger partial charge in [0.15, 0.2) is 0 Å². The molecule has 3 heteroatoms. The minimum atomic E-state index is 0.712. The molecule has 94 valence electrons. The van der Waals surface area contributed by atoms with Crippen LogP contribution in [0.1, 0.15) is 61.0 Å². The van der Waals surface area contributed by atoms with Gasteiger partial charge in [0.05, 0.1) is 10.7 Å². The Bertz CT molecular complexity index is 389. The first kappa shape index (κ1) is 11.7. The molecule has 2 saturated carbocycles. The van der Waals surface area contributed by atoms with E-state index in [1.807, 2.05) is 11.3 Å². The fourth-order valence-electron chi connectivity index (χ4n) is 2.12. The zero-order valence-electron chi connectivity index (χ0n) is 10.8. The van der Waals surface area contributed by atoms with Gasteiger partial charge in [-0.1, -0.05) is 13.8 Å². The fourth-order valence-corrected chi connectivity index (χ4v) is 3.33. The third-order valence-electron chi connectivity index (χ3n) is 3.45. The Balaban J connectivity index is 1.71. The summed E-state index contributed by atoms with van der Waals surface area (Å²) in [6.07, 6.45) is 6.61. The highest BCUT2D eigenvalue weighted by molar-refractivity contribution is 7.11. The van der Waals surface area contributed by atoms with Gasteiger partial charge in [-0.15, -0.1) is 11.3 Å². The molecule has 2 aliphatic carbocycles. The first-order valence-electron chi connectivity index (χ1n) is 6.94. The highest BCUT2D eigenvalue weighted by atomic mass is 32.1. The Hall–Kier alpha value is -0.410. The lowest BCUT2D eigenvalue weighted by atomic mass is 10.1. The van der Waals surface area contributed by atoms with E-state index in [1.165, 1.54) is 41.3 Å². The van der Waals surface area contributed by atoms with E-state index in [9.17, 15) is 0 Å². The zero-order valence-corrected chi connectivity index (χ0v) is 11.6. The van der Waals surface area contributed by atoms with Crippen molar-refractivity contribution < 1.29 is 0 Å². The van der Waals surface area contributed by atoms with Gasteiger partial charge in [-0.3, -0.25) is 0 Å². The second-order valence-corrected chi connectivity index (χ2v) is 7.06. The summed E-state index contributed by atoms with van der Waals surface area (Å²) in [4.78, 5) is 6.40. The molecule has 0 unspecified atom stereocenters. The Labute approximate surface area is 108 Å². The average molecular weight is 250 g/mol. The highest BCUT2D eigenvalue weighted by Gasteiger charge is 2.29.